The van der Waals surface area contributed by atoms with Crippen LogP contribution in [0, 0.1) is 0 Å². The number of hydrogen-bond donors (Lipinski definition) is 1. The highest BCUT2D eigenvalue weighted by molar-refractivity contribution is 5.77. The third-order valence-electron chi connectivity index (χ3n) is 4.32. The number of rotatable bonds is 7. The normalized spacial score (nSPS) is 13.4. The summed E-state index contributed by atoms with van der Waals surface area (Å²) in [6, 6.07) is 20.8. The van der Waals surface area contributed by atoms with Crippen molar-refractivity contribution >= 4 is 11.6 Å². The van der Waals surface area contributed by atoms with Crippen LogP contribution in [-0.4, -0.2) is 49.4 Å². The van der Waals surface area contributed by atoms with E-state index in [0.717, 1.165) is 5.69 Å². The zero-order valence-corrected chi connectivity index (χ0v) is 14.9. The predicted molar refractivity (Wildman–Crippen MR) is 100 cm³/mol. The molecule has 2 aromatic rings. The van der Waals surface area contributed by atoms with Gasteiger partial charge in [-0.3, -0.25) is 9.69 Å². The molecule has 4 heteroatoms. The lowest BCUT2D eigenvalue weighted by Crippen LogP contribution is -2.43. The van der Waals surface area contributed by atoms with Gasteiger partial charge in [0.1, 0.15) is 0 Å². The lowest BCUT2D eigenvalue weighted by atomic mass is 9.99. The van der Waals surface area contributed by atoms with Gasteiger partial charge in [0, 0.05) is 25.8 Å². The van der Waals surface area contributed by atoms with Crippen LogP contribution in [0.25, 0.3) is 0 Å². The van der Waals surface area contributed by atoms with Gasteiger partial charge in [0.05, 0.1) is 12.6 Å². The number of hydrogen-bond acceptors (Lipinski definition) is 3. The number of para-hydroxylation sites is 1. The Balaban J connectivity index is 2.20. The van der Waals surface area contributed by atoms with Gasteiger partial charge in [0.15, 0.2) is 0 Å². The molecule has 0 saturated heterocycles. The maximum atomic E-state index is 12.0. The van der Waals surface area contributed by atoms with Gasteiger partial charge in [-0.2, -0.15) is 0 Å². The predicted octanol–water partition coefficient (Wildman–Crippen LogP) is 3.25. The standard InChI is InChI=1S/C20H27N3O/c1-16(23(4)15-19(24)22(2)3)20(17-11-7-5-8-12-17)21-18-13-9-6-10-14-18/h5-14,16,20-21H,15H2,1-4H3/t16-,20-/m1/s1. The number of nitrogens with zero attached hydrogens (tertiary/aromatic N) is 2. The Morgan fingerprint density at radius 1 is 0.958 bits per heavy atom. The van der Waals surface area contributed by atoms with Gasteiger partial charge in [-0.05, 0) is 31.7 Å². The molecule has 0 aliphatic rings. The summed E-state index contributed by atoms with van der Waals surface area (Å²) >= 11 is 0. The zero-order valence-electron chi connectivity index (χ0n) is 14.9. The SMILES string of the molecule is C[C@H]([C@@H](Nc1ccccc1)c1ccccc1)N(C)CC(=O)N(C)C. The van der Waals surface area contributed by atoms with Gasteiger partial charge < -0.3 is 10.2 Å². The molecule has 0 aliphatic heterocycles. The Morgan fingerprint density at radius 2 is 1.50 bits per heavy atom. The van der Waals surface area contributed by atoms with Crippen LogP contribution in [0.1, 0.15) is 18.5 Å². The molecule has 24 heavy (non-hydrogen) atoms. The van der Waals surface area contributed by atoms with Crippen LogP contribution >= 0.6 is 0 Å². The first-order valence-corrected chi connectivity index (χ1v) is 8.26. The van der Waals surface area contributed by atoms with Crippen LogP contribution in [0.4, 0.5) is 5.69 Å². The highest BCUT2D eigenvalue weighted by Gasteiger charge is 2.24. The Morgan fingerprint density at radius 3 is 2.04 bits per heavy atom. The van der Waals surface area contributed by atoms with E-state index in [9.17, 15) is 4.79 Å². The highest BCUT2D eigenvalue weighted by atomic mass is 16.2. The van der Waals surface area contributed by atoms with E-state index in [1.807, 2.05) is 43.4 Å². The summed E-state index contributed by atoms with van der Waals surface area (Å²) < 4.78 is 0. The fourth-order valence-corrected chi connectivity index (χ4v) is 2.61. The molecule has 1 N–H and O–H groups in total. The number of anilines is 1. The molecular formula is C20H27N3O. The smallest absolute Gasteiger partial charge is 0.236 e. The minimum absolute atomic E-state index is 0.0913. The summed E-state index contributed by atoms with van der Waals surface area (Å²) in [4.78, 5) is 15.8. The van der Waals surface area contributed by atoms with Crippen LogP contribution in [0.15, 0.2) is 60.7 Å². The van der Waals surface area contributed by atoms with Crippen LogP contribution in [0.3, 0.4) is 0 Å². The van der Waals surface area contributed by atoms with Gasteiger partial charge in [0.2, 0.25) is 5.91 Å². The largest absolute Gasteiger partial charge is 0.377 e. The number of amides is 1. The lowest BCUT2D eigenvalue weighted by molar-refractivity contribution is -0.130. The van der Waals surface area contributed by atoms with Crippen molar-refractivity contribution in [1.29, 1.82) is 0 Å². The Hall–Kier alpha value is -2.33. The Bertz CT molecular complexity index is 628. The average molecular weight is 325 g/mol. The van der Waals surface area contributed by atoms with Crippen molar-refractivity contribution in [2.45, 2.75) is 19.0 Å². The molecule has 0 heterocycles. The lowest BCUT2D eigenvalue weighted by Gasteiger charge is -2.33. The van der Waals surface area contributed by atoms with Crippen LogP contribution in [0.5, 0.6) is 0 Å². The highest BCUT2D eigenvalue weighted by Crippen LogP contribution is 2.25. The summed E-state index contributed by atoms with van der Waals surface area (Å²) in [5.41, 5.74) is 2.28. The molecule has 0 saturated carbocycles. The second-order valence-electron chi connectivity index (χ2n) is 6.34. The molecule has 128 valence electrons. The van der Waals surface area contributed by atoms with Crippen LogP contribution in [0.2, 0.25) is 0 Å². The van der Waals surface area contributed by atoms with E-state index in [1.54, 1.807) is 19.0 Å². The first-order chi connectivity index (χ1) is 11.5. The third kappa shape index (κ3) is 4.83. The minimum atomic E-state index is 0.0913. The molecule has 0 aliphatic carbocycles. The topological polar surface area (TPSA) is 35.6 Å². The average Bonchev–Trinajstić information content (AvgIpc) is 2.60. The van der Waals surface area contributed by atoms with Crippen molar-refractivity contribution in [3.8, 4) is 0 Å². The second kappa shape index (κ2) is 8.50. The maximum Gasteiger partial charge on any atom is 0.236 e. The van der Waals surface area contributed by atoms with Crippen LogP contribution < -0.4 is 5.32 Å². The molecule has 0 unspecified atom stereocenters. The van der Waals surface area contributed by atoms with Crippen molar-refractivity contribution in [1.82, 2.24) is 9.80 Å². The van der Waals surface area contributed by atoms with Crippen molar-refractivity contribution in [2.75, 3.05) is 33.0 Å². The Kier molecular flexibility index (Phi) is 6.38. The summed E-state index contributed by atoms with van der Waals surface area (Å²) in [7, 11) is 5.57. The summed E-state index contributed by atoms with van der Waals surface area (Å²) in [6.45, 7) is 2.55. The Labute approximate surface area is 145 Å². The van der Waals surface area contributed by atoms with E-state index >= 15 is 0 Å². The van der Waals surface area contributed by atoms with Crippen molar-refractivity contribution in [3.05, 3.63) is 66.2 Å². The van der Waals surface area contributed by atoms with Gasteiger partial charge in [0.25, 0.3) is 0 Å². The fourth-order valence-electron chi connectivity index (χ4n) is 2.61. The van der Waals surface area contributed by atoms with E-state index in [0.29, 0.717) is 6.54 Å². The number of likely N-dealkylation sites (N-methyl/N-ethyl adjacent to an activating group) is 2. The van der Waals surface area contributed by atoms with Gasteiger partial charge in [-0.15, -0.1) is 0 Å². The third-order valence-corrected chi connectivity index (χ3v) is 4.32. The quantitative estimate of drug-likeness (QED) is 0.849. The molecule has 0 aromatic heterocycles. The van der Waals surface area contributed by atoms with Gasteiger partial charge >= 0.3 is 0 Å². The monoisotopic (exact) mass is 325 g/mol. The van der Waals surface area contributed by atoms with E-state index in [4.69, 9.17) is 0 Å². The summed E-state index contributed by atoms with van der Waals surface area (Å²) in [6.07, 6.45) is 0. The van der Waals surface area contributed by atoms with Crippen molar-refractivity contribution in [3.63, 3.8) is 0 Å². The molecule has 4 nitrogen and oxygen atoms in total. The molecule has 0 spiro atoms. The summed E-state index contributed by atoms with van der Waals surface area (Å²) in [5.74, 6) is 0.107. The molecular weight excluding hydrogens is 298 g/mol. The first kappa shape index (κ1) is 18.0. The van der Waals surface area contributed by atoms with Crippen molar-refractivity contribution in [2.24, 2.45) is 0 Å². The second-order valence-corrected chi connectivity index (χ2v) is 6.34. The summed E-state index contributed by atoms with van der Waals surface area (Å²) in [5, 5.41) is 3.61. The molecule has 2 aromatic carbocycles. The van der Waals surface area contributed by atoms with E-state index in [1.165, 1.54) is 5.56 Å². The maximum absolute atomic E-state index is 12.0. The van der Waals surface area contributed by atoms with E-state index in [2.05, 4.69) is 41.4 Å². The molecule has 0 bridgehead atoms. The number of carbonyl (C=O) groups is 1. The number of carbonyl (C=O) groups excluding carboxylic acids is 1. The molecule has 2 atom stereocenters. The van der Waals surface area contributed by atoms with E-state index in [-0.39, 0.29) is 18.0 Å². The van der Waals surface area contributed by atoms with Gasteiger partial charge in [-0.25, -0.2) is 0 Å². The van der Waals surface area contributed by atoms with Crippen molar-refractivity contribution < 1.29 is 4.79 Å². The zero-order chi connectivity index (χ0) is 17.5. The number of nitrogens with one attached hydrogen (secondary N) is 1. The molecule has 0 radical (unpaired) electrons. The van der Waals surface area contributed by atoms with E-state index < -0.39 is 0 Å². The molecule has 1 amide bonds. The minimum Gasteiger partial charge on any atom is -0.377 e. The molecule has 2 rings (SSSR count). The number of benzene rings is 2. The molecule has 0 fully saturated rings. The van der Waals surface area contributed by atoms with Crippen LogP contribution in [-0.2, 0) is 4.79 Å². The first-order valence-electron chi connectivity index (χ1n) is 8.26. The van der Waals surface area contributed by atoms with Gasteiger partial charge in [-0.1, -0.05) is 48.5 Å². The fraction of sp³-hybridized carbons (Fsp3) is 0.350.